The van der Waals surface area contributed by atoms with Crippen LogP contribution in [0.1, 0.15) is 30.5 Å². The number of carbonyl (C=O) groups is 1. The minimum Gasteiger partial charge on any atom is -0.351 e. The van der Waals surface area contributed by atoms with Crippen LogP contribution >= 0.6 is 11.8 Å². The Kier molecular flexibility index (Phi) is 3.88. The van der Waals surface area contributed by atoms with Gasteiger partial charge in [-0.05, 0) is 25.5 Å². The molecule has 2 N–H and O–H groups in total. The van der Waals surface area contributed by atoms with Crippen molar-refractivity contribution in [2.24, 2.45) is 0 Å². The number of thioether (sulfide) groups is 1. The number of H-pyrrole nitrogens is 1. The van der Waals surface area contributed by atoms with E-state index < -0.39 is 0 Å². The molecule has 0 saturated carbocycles. The third kappa shape index (κ3) is 2.78. The van der Waals surface area contributed by atoms with Gasteiger partial charge in [-0.3, -0.25) is 9.89 Å². The van der Waals surface area contributed by atoms with Crippen molar-refractivity contribution in [1.29, 1.82) is 0 Å². The van der Waals surface area contributed by atoms with Crippen LogP contribution in [0, 0.1) is 6.92 Å². The highest BCUT2D eigenvalue weighted by Gasteiger charge is 2.21. The van der Waals surface area contributed by atoms with Gasteiger partial charge in [-0.15, -0.1) is 11.8 Å². The smallest absolute Gasteiger partial charge is 0.233 e. The zero-order valence-electron chi connectivity index (χ0n) is 9.45. The summed E-state index contributed by atoms with van der Waals surface area (Å²) >= 11 is 1.78. The first kappa shape index (κ1) is 11.5. The van der Waals surface area contributed by atoms with E-state index in [1.165, 1.54) is 12.8 Å². The Hall–Kier alpha value is -0.970. The van der Waals surface area contributed by atoms with E-state index in [2.05, 4.69) is 15.5 Å². The second-order valence-corrected chi connectivity index (χ2v) is 5.40. The maximum Gasteiger partial charge on any atom is 0.233 e. The van der Waals surface area contributed by atoms with Gasteiger partial charge < -0.3 is 5.32 Å². The Bertz CT molecular complexity index is 358. The van der Waals surface area contributed by atoms with Crippen LogP contribution in [0.25, 0.3) is 0 Å². The van der Waals surface area contributed by atoms with Gasteiger partial charge in [0.05, 0.1) is 11.4 Å². The Morgan fingerprint density at radius 1 is 1.69 bits per heavy atom. The lowest BCUT2D eigenvalue weighted by atomic mass is 10.2. The predicted molar refractivity (Wildman–Crippen MR) is 65.3 cm³/mol. The van der Waals surface area contributed by atoms with Crippen molar-refractivity contribution in [3.63, 3.8) is 0 Å². The molecule has 2 heterocycles. The van der Waals surface area contributed by atoms with Gasteiger partial charge in [0.2, 0.25) is 5.91 Å². The molecule has 1 amide bonds. The van der Waals surface area contributed by atoms with Crippen molar-refractivity contribution >= 4 is 17.7 Å². The van der Waals surface area contributed by atoms with Gasteiger partial charge in [0, 0.05) is 17.8 Å². The van der Waals surface area contributed by atoms with Crippen molar-refractivity contribution in [3.05, 3.63) is 17.5 Å². The minimum atomic E-state index is 0.154. The van der Waals surface area contributed by atoms with E-state index in [1.807, 2.05) is 6.92 Å². The fourth-order valence-corrected chi connectivity index (χ4v) is 3.02. The maximum atomic E-state index is 11.8. The first-order valence-corrected chi connectivity index (χ1v) is 6.70. The molecule has 0 bridgehead atoms. The first-order chi connectivity index (χ1) is 7.77. The molecule has 0 radical (unpaired) electrons. The van der Waals surface area contributed by atoms with E-state index in [-0.39, 0.29) is 11.2 Å². The van der Waals surface area contributed by atoms with Gasteiger partial charge in [-0.2, -0.15) is 5.10 Å². The largest absolute Gasteiger partial charge is 0.351 e. The molecule has 1 aromatic heterocycles. The Morgan fingerprint density at radius 3 is 3.19 bits per heavy atom. The number of hydrogen-bond donors (Lipinski definition) is 2. The third-order valence-electron chi connectivity index (χ3n) is 2.86. The molecule has 1 unspecified atom stereocenters. The molecule has 16 heavy (non-hydrogen) atoms. The summed E-state index contributed by atoms with van der Waals surface area (Å²) in [6, 6.07) is 0. The molecule has 0 spiro atoms. The number of rotatable bonds is 3. The number of hydrogen-bond acceptors (Lipinski definition) is 3. The van der Waals surface area contributed by atoms with Gasteiger partial charge in [0.15, 0.2) is 0 Å². The van der Waals surface area contributed by atoms with Crippen LogP contribution in [0.15, 0.2) is 6.20 Å². The fraction of sp³-hybridized carbons (Fsp3) is 0.636. The number of aromatic nitrogens is 2. The average Bonchev–Trinajstić information content (AvgIpc) is 2.73. The summed E-state index contributed by atoms with van der Waals surface area (Å²) in [7, 11) is 0. The molecular weight excluding hydrogens is 222 g/mol. The molecule has 4 nitrogen and oxygen atoms in total. The van der Waals surface area contributed by atoms with Crippen LogP contribution in [-0.2, 0) is 11.3 Å². The zero-order chi connectivity index (χ0) is 11.4. The number of aromatic amines is 1. The van der Waals surface area contributed by atoms with Gasteiger partial charge in [0.1, 0.15) is 0 Å². The lowest BCUT2D eigenvalue weighted by Gasteiger charge is -2.20. The topological polar surface area (TPSA) is 57.8 Å². The Balaban J connectivity index is 1.81. The monoisotopic (exact) mass is 239 g/mol. The highest BCUT2D eigenvalue weighted by atomic mass is 32.2. The van der Waals surface area contributed by atoms with E-state index >= 15 is 0 Å². The molecular formula is C11H17N3OS. The summed E-state index contributed by atoms with van der Waals surface area (Å²) in [6.07, 6.45) is 5.20. The number of amides is 1. The Morgan fingerprint density at radius 2 is 2.56 bits per heavy atom. The second-order valence-electron chi connectivity index (χ2n) is 4.09. The SMILES string of the molecule is Cc1[nH]ncc1CNC(=O)C1CCCCS1. The minimum absolute atomic E-state index is 0.154. The number of aryl methyl sites for hydroxylation is 1. The molecule has 1 aliphatic heterocycles. The van der Waals surface area contributed by atoms with Gasteiger partial charge in [-0.1, -0.05) is 6.42 Å². The van der Waals surface area contributed by atoms with Crippen LogP contribution in [0.5, 0.6) is 0 Å². The van der Waals surface area contributed by atoms with Crippen LogP contribution in [0.4, 0.5) is 0 Å². The lowest BCUT2D eigenvalue weighted by molar-refractivity contribution is -0.120. The van der Waals surface area contributed by atoms with Crippen LogP contribution in [-0.4, -0.2) is 27.1 Å². The second kappa shape index (κ2) is 5.39. The fourth-order valence-electron chi connectivity index (χ4n) is 1.80. The highest BCUT2D eigenvalue weighted by Crippen LogP contribution is 2.25. The molecule has 2 rings (SSSR count). The summed E-state index contributed by atoms with van der Waals surface area (Å²) < 4.78 is 0. The first-order valence-electron chi connectivity index (χ1n) is 5.65. The summed E-state index contributed by atoms with van der Waals surface area (Å²) in [5, 5.41) is 9.93. The molecule has 0 aliphatic carbocycles. The zero-order valence-corrected chi connectivity index (χ0v) is 10.3. The van der Waals surface area contributed by atoms with E-state index in [9.17, 15) is 4.79 Å². The summed E-state index contributed by atoms with van der Waals surface area (Å²) in [4.78, 5) is 11.8. The van der Waals surface area contributed by atoms with Crippen molar-refractivity contribution in [2.75, 3.05) is 5.75 Å². The van der Waals surface area contributed by atoms with Gasteiger partial charge in [-0.25, -0.2) is 0 Å². The summed E-state index contributed by atoms with van der Waals surface area (Å²) in [5.41, 5.74) is 2.09. The molecule has 1 aromatic rings. The van der Waals surface area contributed by atoms with Crippen LogP contribution in [0.3, 0.4) is 0 Å². The lowest BCUT2D eigenvalue weighted by Crippen LogP contribution is -2.33. The number of nitrogens with zero attached hydrogens (tertiary/aromatic N) is 1. The summed E-state index contributed by atoms with van der Waals surface area (Å²) in [6.45, 7) is 2.54. The number of carbonyl (C=O) groups excluding carboxylic acids is 1. The van der Waals surface area contributed by atoms with Gasteiger partial charge in [0.25, 0.3) is 0 Å². The van der Waals surface area contributed by atoms with E-state index in [0.29, 0.717) is 6.54 Å². The Labute approximate surface area is 99.6 Å². The predicted octanol–water partition coefficient (Wildman–Crippen LogP) is 1.62. The quantitative estimate of drug-likeness (QED) is 0.842. The molecule has 88 valence electrons. The van der Waals surface area contributed by atoms with Crippen LogP contribution in [0.2, 0.25) is 0 Å². The van der Waals surface area contributed by atoms with E-state index in [4.69, 9.17) is 0 Å². The van der Waals surface area contributed by atoms with Crippen molar-refractivity contribution in [1.82, 2.24) is 15.5 Å². The average molecular weight is 239 g/mol. The summed E-state index contributed by atoms with van der Waals surface area (Å²) in [5.74, 6) is 1.29. The standard InChI is InChI=1S/C11H17N3OS/c1-8-9(7-13-14-8)6-12-11(15)10-4-2-3-5-16-10/h7,10H,2-6H2,1H3,(H,12,15)(H,13,14). The molecule has 0 aromatic carbocycles. The molecule has 1 aliphatic rings. The van der Waals surface area contributed by atoms with Crippen molar-refractivity contribution < 1.29 is 4.79 Å². The highest BCUT2D eigenvalue weighted by molar-refractivity contribution is 8.00. The van der Waals surface area contributed by atoms with Crippen molar-refractivity contribution in [2.45, 2.75) is 38.0 Å². The number of nitrogens with one attached hydrogen (secondary N) is 2. The third-order valence-corrected chi connectivity index (χ3v) is 4.24. The normalized spacial score (nSPS) is 20.7. The molecule has 1 saturated heterocycles. The molecule has 1 fully saturated rings. The van der Waals surface area contributed by atoms with E-state index in [1.54, 1.807) is 18.0 Å². The van der Waals surface area contributed by atoms with Crippen molar-refractivity contribution in [3.8, 4) is 0 Å². The van der Waals surface area contributed by atoms with Crippen LogP contribution < -0.4 is 5.32 Å². The van der Waals surface area contributed by atoms with E-state index in [0.717, 1.165) is 23.4 Å². The maximum absolute atomic E-state index is 11.8. The molecule has 1 atom stereocenters. The molecule has 5 heteroatoms. The van der Waals surface area contributed by atoms with Gasteiger partial charge >= 0.3 is 0 Å².